The third-order valence-electron chi connectivity index (χ3n) is 1.48. The Labute approximate surface area is 60.0 Å². The number of rotatable bonds is 1. The summed E-state index contributed by atoms with van der Waals surface area (Å²) in [7, 11) is 0. The summed E-state index contributed by atoms with van der Waals surface area (Å²) in [5.41, 5.74) is 1.53. The van der Waals surface area contributed by atoms with Crippen molar-refractivity contribution in [2.75, 3.05) is 0 Å². The van der Waals surface area contributed by atoms with Crippen molar-refractivity contribution < 1.29 is 4.39 Å². The van der Waals surface area contributed by atoms with E-state index in [9.17, 15) is 4.39 Å². The molecule has 0 aliphatic carbocycles. The van der Waals surface area contributed by atoms with Gasteiger partial charge in [0, 0.05) is 5.56 Å². The van der Waals surface area contributed by atoms with Crippen LogP contribution in [0.5, 0.6) is 0 Å². The van der Waals surface area contributed by atoms with Crippen LogP contribution >= 0.6 is 0 Å². The van der Waals surface area contributed by atoms with Crippen LogP contribution in [0.25, 0.3) is 6.08 Å². The average molecular weight is 136 g/mol. The van der Waals surface area contributed by atoms with Crippen LogP contribution in [-0.4, -0.2) is 0 Å². The van der Waals surface area contributed by atoms with Crippen LogP contribution in [-0.2, 0) is 0 Å². The zero-order valence-electron chi connectivity index (χ0n) is 5.89. The van der Waals surface area contributed by atoms with E-state index in [1.807, 2.05) is 13.0 Å². The molecule has 0 bridgehead atoms. The van der Waals surface area contributed by atoms with E-state index in [1.165, 1.54) is 12.1 Å². The molecule has 1 aromatic rings. The van der Waals surface area contributed by atoms with E-state index in [2.05, 4.69) is 6.58 Å². The fraction of sp³-hybridized carbons (Fsp3) is 0.111. The van der Waals surface area contributed by atoms with Gasteiger partial charge in [0.1, 0.15) is 5.82 Å². The molecule has 0 aliphatic heterocycles. The summed E-state index contributed by atoms with van der Waals surface area (Å²) >= 11 is 0. The van der Waals surface area contributed by atoms with Gasteiger partial charge < -0.3 is 0 Å². The molecule has 0 saturated carbocycles. The normalized spacial score (nSPS) is 9.40. The highest BCUT2D eigenvalue weighted by molar-refractivity contribution is 5.51. The molecule has 0 nitrogen and oxygen atoms in total. The molecule has 1 heteroatoms. The predicted molar refractivity (Wildman–Crippen MR) is 41.2 cm³/mol. The van der Waals surface area contributed by atoms with Gasteiger partial charge in [-0.25, -0.2) is 4.39 Å². The van der Waals surface area contributed by atoms with Crippen molar-refractivity contribution in [1.29, 1.82) is 0 Å². The summed E-state index contributed by atoms with van der Waals surface area (Å²) in [6, 6.07) is 4.99. The highest BCUT2D eigenvalue weighted by Gasteiger charge is 1.98. The second-order valence-electron chi connectivity index (χ2n) is 2.17. The Morgan fingerprint density at radius 3 is 2.60 bits per heavy atom. The maximum absolute atomic E-state index is 12.8. The van der Waals surface area contributed by atoms with E-state index in [0.717, 1.165) is 5.56 Å². The molecule has 0 aliphatic rings. The molecule has 0 aromatic heterocycles. The minimum absolute atomic E-state index is 0.199. The Kier molecular flexibility index (Phi) is 1.86. The van der Waals surface area contributed by atoms with Crippen molar-refractivity contribution in [1.82, 2.24) is 0 Å². The molecule has 0 spiro atoms. The first kappa shape index (κ1) is 7.00. The molecule has 1 rings (SSSR count). The van der Waals surface area contributed by atoms with Crippen molar-refractivity contribution in [3.63, 3.8) is 0 Å². The van der Waals surface area contributed by atoms with Crippen LogP contribution in [0.2, 0.25) is 0 Å². The van der Waals surface area contributed by atoms with E-state index in [4.69, 9.17) is 0 Å². The van der Waals surface area contributed by atoms with Gasteiger partial charge in [0.05, 0.1) is 0 Å². The topological polar surface area (TPSA) is 0 Å². The lowest BCUT2D eigenvalue weighted by molar-refractivity contribution is 0.624. The van der Waals surface area contributed by atoms with Crippen LogP contribution in [0.3, 0.4) is 0 Å². The van der Waals surface area contributed by atoms with Gasteiger partial charge in [0.15, 0.2) is 0 Å². The van der Waals surface area contributed by atoms with Crippen LogP contribution in [0, 0.1) is 12.7 Å². The summed E-state index contributed by atoms with van der Waals surface area (Å²) in [4.78, 5) is 0. The Morgan fingerprint density at radius 1 is 1.50 bits per heavy atom. The van der Waals surface area contributed by atoms with Crippen LogP contribution in [0.1, 0.15) is 11.1 Å². The summed E-state index contributed by atoms with van der Waals surface area (Å²) in [5, 5.41) is 0. The monoisotopic (exact) mass is 136 g/mol. The van der Waals surface area contributed by atoms with E-state index in [1.54, 1.807) is 6.07 Å². The van der Waals surface area contributed by atoms with Crippen molar-refractivity contribution in [2.45, 2.75) is 6.92 Å². The van der Waals surface area contributed by atoms with Gasteiger partial charge in [-0.15, -0.1) is 0 Å². The lowest BCUT2D eigenvalue weighted by Crippen LogP contribution is -1.84. The van der Waals surface area contributed by atoms with Crippen molar-refractivity contribution in [2.24, 2.45) is 0 Å². The summed E-state index contributed by atoms with van der Waals surface area (Å²) < 4.78 is 12.8. The predicted octanol–water partition coefficient (Wildman–Crippen LogP) is 2.78. The van der Waals surface area contributed by atoms with Gasteiger partial charge in [-0.1, -0.05) is 24.8 Å². The van der Waals surface area contributed by atoms with E-state index < -0.39 is 0 Å². The SMILES string of the molecule is C=Cc1c(C)cccc1F. The summed E-state index contributed by atoms with van der Waals surface area (Å²) in [6.07, 6.45) is 1.53. The minimum atomic E-state index is -0.199. The van der Waals surface area contributed by atoms with E-state index in [0.29, 0.717) is 5.56 Å². The lowest BCUT2D eigenvalue weighted by Gasteiger charge is -1.98. The largest absolute Gasteiger partial charge is 0.206 e. The molecule has 10 heavy (non-hydrogen) atoms. The van der Waals surface area contributed by atoms with Crippen molar-refractivity contribution >= 4 is 6.08 Å². The highest BCUT2D eigenvalue weighted by Crippen LogP contribution is 2.12. The zero-order chi connectivity index (χ0) is 7.56. The standard InChI is InChI=1S/C9H9F/c1-3-8-7(2)5-4-6-9(8)10/h3-6H,1H2,2H3. The lowest BCUT2D eigenvalue weighted by atomic mass is 10.1. The van der Waals surface area contributed by atoms with Gasteiger partial charge in [-0.3, -0.25) is 0 Å². The van der Waals surface area contributed by atoms with E-state index in [-0.39, 0.29) is 5.82 Å². The average Bonchev–Trinajstić information content (AvgIpc) is 1.88. The van der Waals surface area contributed by atoms with Crippen molar-refractivity contribution in [3.8, 4) is 0 Å². The van der Waals surface area contributed by atoms with E-state index >= 15 is 0 Å². The highest BCUT2D eigenvalue weighted by atomic mass is 19.1. The Balaban J connectivity index is 3.30. The van der Waals surface area contributed by atoms with Crippen molar-refractivity contribution in [3.05, 3.63) is 41.7 Å². The quantitative estimate of drug-likeness (QED) is 0.556. The number of hydrogen-bond acceptors (Lipinski definition) is 0. The third kappa shape index (κ3) is 1.08. The Morgan fingerprint density at radius 2 is 2.20 bits per heavy atom. The second-order valence-corrected chi connectivity index (χ2v) is 2.17. The summed E-state index contributed by atoms with van der Waals surface area (Å²) in [5.74, 6) is -0.199. The molecule has 1 aromatic carbocycles. The van der Waals surface area contributed by atoms with Crippen LogP contribution < -0.4 is 0 Å². The third-order valence-corrected chi connectivity index (χ3v) is 1.48. The Hall–Kier alpha value is -1.11. The smallest absolute Gasteiger partial charge is 0.130 e. The molecule has 52 valence electrons. The summed E-state index contributed by atoms with van der Waals surface area (Å²) in [6.45, 7) is 5.37. The first-order chi connectivity index (χ1) is 4.75. The van der Waals surface area contributed by atoms with Crippen LogP contribution in [0.15, 0.2) is 24.8 Å². The fourth-order valence-corrected chi connectivity index (χ4v) is 0.903. The Bertz CT molecular complexity index is 231. The second kappa shape index (κ2) is 2.65. The first-order valence-corrected chi connectivity index (χ1v) is 3.13. The molecule has 0 saturated heterocycles. The van der Waals surface area contributed by atoms with Gasteiger partial charge in [0.25, 0.3) is 0 Å². The van der Waals surface area contributed by atoms with Gasteiger partial charge in [0.2, 0.25) is 0 Å². The molecule has 0 radical (unpaired) electrons. The molecule has 0 amide bonds. The van der Waals surface area contributed by atoms with Gasteiger partial charge >= 0.3 is 0 Å². The molecular formula is C9H9F. The maximum atomic E-state index is 12.8. The zero-order valence-corrected chi connectivity index (χ0v) is 5.89. The molecular weight excluding hydrogens is 127 g/mol. The molecule has 0 atom stereocenters. The molecule has 0 N–H and O–H groups in total. The number of benzene rings is 1. The van der Waals surface area contributed by atoms with Gasteiger partial charge in [-0.05, 0) is 18.6 Å². The number of hydrogen-bond donors (Lipinski definition) is 0. The molecule has 0 fully saturated rings. The van der Waals surface area contributed by atoms with Gasteiger partial charge in [-0.2, -0.15) is 0 Å². The molecule has 0 unspecified atom stereocenters. The molecule has 0 heterocycles. The number of aryl methyl sites for hydroxylation is 1. The maximum Gasteiger partial charge on any atom is 0.130 e. The minimum Gasteiger partial charge on any atom is -0.206 e. The van der Waals surface area contributed by atoms with Crippen LogP contribution in [0.4, 0.5) is 4.39 Å². The first-order valence-electron chi connectivity index (χ1n) is 3.13. The fourth-order valence-electron chi connectivity index (χ4n) is 0.903. The number of halogens is 1.